The fraction of sp³-hybridized carbons (Fsp3) is 0.321. The molecule has 1 aliphatic heterocycles. The van der Waals surface area contributed by atoms with E-state index < -0.39 is 12.0 Å². The van der Waals surface area contributed by atoms with E-state index >= 15 is 0 Å². The molecule has 0 saturated heterocycles. The Hall–Kier alpha value is -3.85. The van der Waals surface area contributed by atoms with Crippen LogP contribution in [-0.2, 0) is 9.53 Å². The molecule has 4 rings (SSSR count). The van der Waals surface area contributed by atoms with Crippen LogP contribution in [0, 0.1) is 0 Å². The molecule has 8 nitrogen and oxygen atoms in total. The lowest BCUT2D eigenvalue weighted by Crippen LogP contribution is -2.39. The molecule has 2 heterocycles. The summed E-state index contributed by atoms with van der Waals surface area (Å²) in [6.45, 7) is 7.94. The van der Waals surface area contributed by atoms with Gasteiger partial charge in [0, 0.05) is 0 Å². The molecule has 0 amide bonds. The summed E-state index contributed by atoms with van der Waals surface area (Å²) < 4.78 is 17.8. The van der Waals surface area contributed by atoms with Gasteiger partial charge in [-0.25, -0.2) is 9.79 Å². The highest BCUT2D eigenvalue weighted by Crippen LogP contribution is 2.37. The van der Waals surface area contributed by atoms with Gasteiger partial charge in [-0.05, 0) is 54.7 Å². The molecule has 1 atom stereocenters. The van der Waals surface area contributed by atoms with Crippen LogP contribution in [-0.4, -0.2) is 36.5 Å². The van der Waals surface area contributed by atoms with Gasteiger partial charge < -0.3 is 19.3 Å². The van der Waals surface area contributed by atoms with Crippen molar-refractivity contribution in [3.05, 3.63) is 84.0 Å². The van der Waals surface area contributed by atoms with Gasteiger partial charge in [0.2, 0.25) is 5.75 Å². The number of methoxy groups -OCH3 is 2. The van der Waals surface area contributed by atoms with E-state index in [0.29, 0.717) is 32.1 Å². The fourth-order valence-electron chi connectivity index (χ4n) is 4.32. The predicted molar refractivity (Wildman–Crippen MR) is 142 cm³/mol. The van der Waals surface area contributed by atoms with Crippen molar-refractivity contribution in [2.24, 2.45) is 4.99 Å². The van der Waals surface area contributed by atoms with Gasteiger partial charge in [-0.3, -0.25) is 9.36 Å². The molecule has 0 fully saturated rings. The smallest absolute Gasteiger partial charge is 0.338 e. The van der Waals surface area contributed by atoms with Gasteiger partial charge in [0.25, 0.3) is 5.56 Å². The monoisotopic (exact) mass is 522 g/mol. The van der Waals surface area contributed by atoms with Crippen molar-refractivity contribution in [1.29, 1.82) is 0 Å². The Balaban J connectivity index is 1.94. The highest BCUT2D eigenvalue weighted by atomic mass is 32.1. The van der Waals surface area contributed by atoms with Crippen LogP contribution < -0.4 is 24.4 Å². The molecule has 9 heteroatoms. The normalized spacial score (nSPS) is 15.4. The average Bonchev–Trinajstić information content (AvgIpc) is 3.18. The molecule has 2 aromatic carbocycles. The van der Waals surface area contributed by atoms with E-state index in [1.54, 1.807) is 36.6 Å². The van der Waals surface area contributed by atoms with Crippen molar-refractivity contribution in [2.45, 2.75) is 39.7 Å². The average molecular weight is 523 g/mol. The lowest BCUT2D eigenvalue weighted by molar-refractivity contribution is -0.139. The van der Waals surface area contributed by atoms with Crippen molar-refractivity contribution in [3.63, 3.8) is 0 Å². The van der Waals surface area contributed by atoms with Crippen LogP contribution in [0.25, 0.3) is 6.08 Å². The number of phenols is 1. The van der Waals surface area contributed by atoms with Crippen LogP contribution in [0.5, 0.6) is 17.2 Å². The Morgan fingerprint density at radius 2 is 1.78 bits per heavy atom. The molecule has 1 aliphatic rings. The minimum absolute atomic E-state index is 0.122. The van der Waals surface area contributed by atoms with Crippen LogP contribution in [0.4, 0.5) is 0 Å². The zero-order valence-corrected chi connectivity index (χ0v) is 22.5. The summed E-state index contributed by atoms with van der Waals surface area (Å²) in [6.07, 6.45) is 1.69. The summed E-state index contributed by atoms with van der Waals surface area (Å²) >= 11 is 1.22. The van der Waals surface area contributed by atoms with Gasteiger partial charge in [0.1, 0.15) is 0 Å². The first-order valence-electron chi connectivity index (χ1n) is 11.9. The van der Waals surface area contributed by atoms with E-state index in [-0.39, 0.29) is 29.4 Å². The second kappa shape index (κ2) is 10.6. The number of hydrogen-bond donors (Lipinski definition) is 1. The third-order valence-corrected chi connectivity index (χ3v) is 7.22. The van der Waals surface area contributed by atoms with Crippen LogP contribution in [0.1, 0.15) is 56.3 Å². The third kappa shape index (κ3) is 4.91. The first-order valence-corrected chi connectivity index (χ1v) is 12.8. The number of aromatic nitrogens is 1. The summed E-state index contributed by atoms with van der Waals surface area (Å²) in [5, 5.41) is 10.2. The number of allylic oxidation sites excluding steroid dienone is 1. The topological polar surface area (TPSA) is 99.4 Å². The van der Waals surface area contributed by atoms with E-state index in [9.17, 15) is 14.7 Å². The Labute approximate surface area is 218 Å². The Kier molecular flexibility index (Phi) is 7.54. The molecule has 0 saturated carbocycles. The lowest BCUT2D eigenvalue weighted by atomic mass is 9.93. The van der Waals surface area contributed by atoms with Gasteiger partial charge in [0.15, 0.2) is 16.3 Å². The number of phenolic OH excluding ortho intramolecular Hbond substituents is 1. The number of rotatable bonds is 7. The summed E-state index contributed by atoms with van der Waals surface area (Å²) in [4.78, 5) is 31.9. The standard InChI is InChI=1S/C28H30N2O6S/c1-7-36-27(33)23-16(4)29-28-30(24(23)19-10-8-18(9-11-19)15(2)3)26(32)22(37-28)14-17-12-20(34-5)25(31)21(13-17)35-6/h8-15,24,31H,7H2,1-6H3/b22-14+/t24-/m1/s1. The first kappa shape index (κ1) is 26.2. The highest BCUT2D eigenvalue weighted by molar-refractivity contribution is 7.07. The quantitative estimate of drug-likeness (QED) is 0.476. The van der Waals surface area contributed by atoms with Gasteiger partial charge in [-0.1, -0.05) is 49.4 Å². The van der Waals surface area contributed by atoms with Gasteiger partial charge >= 0.3 is 5.97 Å². The Bertz CT molecular complexity index is 1520. The molecule has 0 aliphatic carbocycles. The zero-order chi connectivity index (χ0) is 26.9. The summed E-state index contributed by atoms with van der Waals surface area (Å²) in [6, 6.07) is 10.5. The minimum atomic E-state index is -0.678. The van der Waals surface area contributed by atoms with E-state index in [1.807, 2.05) is 24.3 Å². The molecular formula is C28H30N2O6S. The largest absolute Gasteiger partial charge is 0.502 e. The number of carbonyl (C=O) groups excluding carboxylic acids is 1. The molecule has 0 radical (unpaired) electrons. The van der Waals surface area contributed by atoms with Crippen molar-refractivity contribution in [1.82, 2.24) is 4.57 Å². The van der Waals surface area contributed by atoms with E-state index in [1.165, 1.54) is 25.6 Å². The third-order valence-electron chi connectivity index (χ3n) is 6.24. The maximum atomic E-state index is 13.8. The van der Waals surface area contributed by atoms with Crippen molar-refractivity contribution >= 4 is 23.4 Å². The summed E-state index contributed by atoms with van der Waals surface area (Å²) in [5.74, 6) is 0.174. The highest BCUT2D eigenvalue weighted by Gasteiger charge is 2.33. The van der Waals surface area contributed by atoms with Crippen LogP contribution in [0.3, 0.4) is 0 Å². The minimum Gasteiger partial charge on any atom is -0.502 e. The molecule has 194 valence electrons. The fourth-order valence-corrected chi connectivity index (χ4v) is 5.37. The number of benzene rings is 2. The van der Waals surface area contributed by atoms with Gasteiger partial charge in [-0.2, -0.15) is 0 Å². The summed E-state index contributed by atoms with van der Waals surface area (Å²) in [5.41, 5.74) is 3.12. The van der Waals surface area contributed by atoms with Gasteiger partial charge in [0.05, 0.1) is 42.7 Å². The number of thiazole rings is 1. The maximum absolute atomic E-state index is 13.8. The van der Waals surface area contributed by atoms with Crippen molar-refractivity contribution in [3.8, 4) is 17.2 Å². The second-order valence-corrected chi connectivity index (χ2v) is 9.91. The molecule has 0 spiro atoms. The zero-order valence-electron chi connectivity index (χ0n) is 21.7. The molecule has 0 bridgehead atoms. The van der Waals surface area contributed by atoms with Crippen molar-refractivity contribution < 1.29 is 24.1 Å². The SMILES string of the molecule is CCOC(=O)C1=C(C)N=c2s/c(=C/c3cc(OC)c(O)c(OC)c3)c(=O)n2[C@@H]1c1ccc(C(C)C)cc1. The molecule has 3 aromatic rings. The van der Waals surface area contributed by atoms with Crippen LogP contribution in [0.15, 0.2) is 57.5 Å². The lowest BCUT2D eigenvalue weighted by Gasteiger charge is -2.25. The molecular weight excluding hydrogens is 492 g/mol. The van der Waals surface area contributed by atoms with Crippen molar-refractivity contribution in [2.75, 3.05) is 20.8 Å². The number of ether oxygens (including phenoxy) is 3. The van der Waals surface area contributed by atoms with E-state index in [0.717, 1.165) is 11.1 Å². The number of hydrogen-bond acceptors (Lipinski definition) is 8. The Morgan fingerprint density at radius 1 is 1.16 bits per heavy atom. The number of fused-ring (bicyclic) bond motifs is 1. The molecule has 37 heavy (non-hydrogen) atoms. The first-order chi connectivity index (χ1) is 17.7. The van der Waals surface area contributed by atoms with E-state index in [4.69, 9.17) is 14.2 Å². The number of carbonyl (C=O) groups is 1. The second-order valence-electron chi connectivity index (χ2n) is 8.90. The van der Waals surface area contributed by atoms with Gasteiger partial charge in [-0.15, -0.1) is 0 Å². The van der Waals surface area contributed by atoms with Crippen LogP contribution >= 0.6 is 11.3 Å². The summed E-state index contributed by atoms with van der Waals surface area (Å²) in [7, 11) is 2.88. The van der Waals surface area contributed by atoms with E-state index in [2.05, 4.69) is 18.8 Å². The molecule has 1 N–H and O–H groups in total. The molecule has 1 aromatic heterocycles. The number of aromatic hydroxyl groups is 1. The predicted octanol–water partition coefficient (Wildman–Crippen LogP) is 3.64. The maximum Gasteiger partial charge on any atom is 0.338 e. The number of esters is 1. The number of nitrogens with zero attached hydrogens (tertiary/aromatic N) is 2. The Morgan fingerprint density at radius 3 is 2.32 bits per heavy atom. The molecule has 0 unspecified atom stereocenters. The van der Waals surface area contributed by atoms with Crippen LogP contribution in [0.2, 0.25) is 0 Å².